The maximum atomic E-state index is 11.8. The number of carbonyl (C=O) groups is 2. The minimum Gasteiger partial charge on any atom is -0.481 e. The first-order valence-electron chi connectivity index (χ1n) is 11.2. The van der Waals surface area contributed by atoms with Crippen LogP contribution in [0, 0.1) is 0 Å². The number of carboxylic acids is 1. The number of hydrogen-bond acceptors (Lipinski definition) is 5. The lowest BCUT2D eigenvalue weighted by atomic mass is 10.0. The van der Waals surface area contributed by atoms with Crippen LogP contribution in [0.2, 0.25) is 0 Å². The fourth-order valence-electron chi connectivity index (χ4n) is 3.11. The number of ether oxygens (including phenoxy) is 2. The van der Waals surface area contributed by atoms with E-state index in [1.54, 1.807) is 0 Å². The van der Waals surface area contributed by atoms with Crippen LogP contribution >= 0.6 is 0 Å². The van der Waals surface area contributed by atoms with Crippen molar-refractivity contribution < 1.29 is 24.2 Å². The summed E-state index contributed by atoms with van der Waals surface area (Å²) in [6, 6.07) is 0. The van der Waals surface area contributed by atoms with Gasteiger partial charge in [-0.3, -0.25) is 4.79 Å². The first-order chi connectivity index (χ1) is 13.5. The van der Waals surface area contributed by atoms with Crippen LogP contribution < -0.4 is 0 Å². The second-order valence-electron chi connectivity index (χ2n) is 7.90. The molecule has 0 radical (unpaired) electrons. The van der Waals surface area contributed by atoms with Gasteiger partial charge in [-0.05, 0) is 39.8 Å². The molecule has 0 aromatic heterocycles. The first kappa shape index (κ1) is 26.7. The number of unbranched alkanes of at least 4 members (excludes halogenated alkanes) is 9. The van der Waals surface area contributed by atoms with Gasteiger partial charge in [-0.1, -0.05) is 64.7 Å². The predicted octanol–water partition coefficient (Wildman–Crippen LogP) is 5.64. The molecule has 0 saturated carbocycles. The number of carboxylic acid groups (broad SMARTS) is 1. The Morgan fingerprint density at radius 3 is 1.96 bits per heavy atom. The van der Waals surface area contributed by atoms with Crippen molar-refractivity contribution in [3.05, 3.63) is 0 Å². The minimum absolute atomic E-state index is 0.0103. The lowest BCUT2D eigenvalue weighted by Gasteiger charge is -2.17. The van der Waals surface area contributed by atoms with Gasteiger partial charge in [0.05, 0.1) is 6.61 Å². The van der Waals surface area contributed by atoms with E-state index < -0.39 is 12.1 Å². The van der Waals surface area contributed by atoms with E-state index in [4.69, 9.17) is 14.6 Å². The average Bonchev–Trinajstić information content (AvgIpc) is 2.64. The molecule has 6 nitrogen and oxygen atoms in total. The SMILES string of the molecule is CCCCCCCCCCCCC(CCC(=O)O)OC(=O)OCCCN(C)C. The van der Waals surface area contributed by atoms with Gasteiger partial charge in [0.15, 0.2) is 0 Å². The topological polar surface area (TPSA) is 76.1 Å². The molecule has 1 N–H and O–H groups in total. The molecule has 0 aliphatic carbocycles. The van der Waals surface area contributed by atoms with E-state index in [2.05, 4.69) is 6.92 Å². The Bertz CT molecular complexity index is 387. The Kier molecular flexibility index (Phi) is 18.2. The summed E-state index contributed by atoms with van der Waals surface area (Å²) in [5.74, 6) is -0.865. The second kappa shape index (κ2) is 19.0. The van der Waals surface area contributed by atoms with Crippen molar-refractivity contribution in [3.63, 3.8) is 0 Å². The van der Waals surface area contributed by atoms with Crippen LogP contribution in [0.1, 0.15) is 96.8 Å². The van der Waals surface area contributed by atoms with Crippen molar-refractivity contribution in [3.8, 4) is 0 Å². The lowest BCUT2D eigenvalue weighted by Crippen LogP contribution is -2.22. The van der Waals surface area contributed by atoms with Gasteiger partial charge in [0.2, 0.25) is 0 Å². The van der Waals surface area contributed by atoms with E-state index in [0.717, 1.165) is 25.8 Å². The molecule has 0 aromatic carbocycles. The normalized spacial score (nSPS) is 12.1. The van der Waals surface area contributed by atoms with Gasteiger partial charge in [0, 0.05) is 13.0 Å². The molecule has 0 fully saturated rings. The maximum absolute atomic E-state index is 11.8. The van der Waals surface area contributed by atoms with E-state index in [1.807, 2.05) is 19.0 Å². The largest absolute Gasteiger partial charge is 0.508 e. The van der Waals surface area contributed by atoms with Crippen molar-refractivity contribution in [2.45, 2.75) is 103 Å². The Hall–Kier alpha value is -1.30. The molecule has 0 amide bonds. The maximum Gasteiger partial charge on any atom is 0.508 e. The molecule has 0 bridgehead atoms. The highest BCUT2D eigenvalue weighted by Gasteiger charge is 2.17. The van der Waals surface area contributed by atoms with Crippen LogP contribution in [-0.2, 0) is 14.3 Å². The Morgan fingerprint density at radius 2 is 1.43 bits per heavy atom. The van der Waals surface area contributed by atoms with Gasteiger partial charge in [0.25, 0.3) is 0 Å². The number of hydrogen-bond donors (Lipinski definition) is 1. The fourth-order valence-corrected chi connectivity index (χ4v) is 3.11. The van der Waals surface area contributed by atoms with Crippen molar-refractivity contribution in [2.75, 3.05) is 27.2 Å². The van der Waals surface area contributed by atoms with Crippen molar-refractivity contribution >= 4 is 12.1 Å². The van der Waals surface area contributed by atoms with Crippen LogP contribution in [-0.4, -0.2) is 55.5 Å². The van der Waals surface area contributed by atoms with Crippen molar-refractivity contribution in [2.24, 2.45) is 0 Å². The quantitative estimate of drug-likeness (QED) is 0.223. The Balaban J connectivity index is 3.89. The molecule has 6 heteroatoms. The van der Waals surface area contributed by atoms with E-state index in [1.165, 1.54) is 51.4 Å². The van der Waals surface area contributed by atoms with Crippen LogP contribution in [0.25, 0.3) is 0 Å². The fraction of sp³-hybridized carbons (Fsp3) is 0.909. The molecular weight excluding hydrogens is 358 g/mol. The van der Waals surface area contributed by atoms with Gasteiger partial charge in [0.1, 0.15) is 6.10 Å². The van der Waals surface area contributed by atoms with Gasteiger partial charge in [-0.2, -0.15) is 0 Å². The molecule has 1 atom stereocenters. The van der Waals surface area contributed by atoms with Crippen LogP contribution in [0.15, 0.2) is 0 Å². The van der Waals surface area contributed by atoms with Crippen molar-refractivity contribution in [1.29, 1.82) is 0 Å². The summed E-state index contributed by atoms with van der Waals surface area (Å²) < 4.78 is 10.4. The lowest BCUT2D eigenvalue weighted by molar-refractivity contribution is -0.137. The number of rotatable bonds is 19. The molecule has 0 aromatic rings. The van der Waals surface area contributed by atoms with E-state index in [0.29, 0.717) is 19.4 Å². The summed E-state index contributed by atoms with van der Waals surface area (Å²) in [5, 5.41) is 8.89. The van der Waals surface area contributed by atoms with Crippen LogP contribution in [0.5, 0.6) is 0 Å². The monoisotopic (exact) mass is 401 g/mol. The van der Waals surface area contributed by atoms with E-state index in [9.17, 15) is 9.59 Å². The van der Waals surface area contributed by atoms with Gasteiger partial charge in [-0.25, -0.2) is 4.79 Å². The second-order valence-corrected chi connectivity index (χ2v) is 7.90. The highest BCUT2D eigenvalue weighted by molar-refractivity contribution is 5.66. The molecule has 0 saturated heterocycles. The molecular formula is C22H43NO5. The summed E-state index contributed by atoms with van der Waals surface area (Å²) in [7, 11) is 3.93. The van der Waals surface area contributed by atoms with Crippen LogP contribution in [0.4, 0.5) is 4.79 Å². The summed E-state index contributed by atoms with van der Waals surface area (Å²) in [4.78, 5) is 24.7. The van der Waals surface area contributed by atoms with Gasteiger partial charge >= 0.3 is 12.1 Å². The van der Waals surface area contributed by atoms with Gasteiger partial charge in [-0.15, -0.1) is 0 Å². The Labute approximate surface area is 172 Å². The number of nitrogens with zero attached hydrogens (tertiary/aromatic N) is 1. The smallest absolute Gasteiger partial charge is 0.481 e. The molecule has 0 rings (SSSR count). The first-order valence-corrected chi connectivity index (χ1v) is 11.2. The van der Waals surface area contributed by atoms with Crippen LogP contribution in [0.3, 0.4) is 0 Å². The van der Waals surface area contributed by atoms with E-state index >= 15 is 0 Å². The zero-order chi connectivity index (χ0) is 21.0. The molecule has 166 valence electrons. The summed E-state index contributed by atoms with van der Waals surface area (Å²) >= 11 is 0. The third-order valence-corrected chi connectivity index (χ3v) is 4.79. The third-order valence-electron chi connectivity index (χ3n) is 4.79. The summed E-state index contributed by atoms with van der Waals surface area (Å²) in [6.07, 6.45) is 13.2. The third kappa shape index (κ3) is 19.5. The Morgan fingerprint density at radius 1 is 0.857 bits per heavy atom. The highest BCUT2D eigenvalue weighted by atomic mass is 16.7. The van der Waals surface area contributed by atoms with Crippen molar-refractivity contribution in [1.82, 2.24) is 4.90 Å². The van der Waals surface area contributed by atoms with Gasteiger partial charge < -0.3 is 19.5 Å². The standard InChI is InChI=1S/C22H43NO5/c1-4-5-6-7-8-9-10-11-12-13-15-20(16-17-21(24)25)28-22(26)27-19-14-18-23(2)3/h20H,4-19H2,1-3H3,(H,24,25). The average molecular weight is 402 g/mol. The zero-order valence-corrected chi connectivity index (χ0v) is 18.4. The highest BCUT2D eigenvalue weighted by Crippen LogP contribution is 2.16. The number of carbonyl (C=O) groups excluding carboxylic acids is 1. The molecule has 1 unspecified atom stereocenters. The summed E-state index contributed by atoms with van der Waals surface area (Å²) in [6.45, 7) is 3.40. The molecule has 0 spiro atoms. The predicted molar refractivity (Wildman–Crippen MR) is 113 cm³/mol. The van der Waals surface area contributed by atoms with E-state index in [-0.39, 0.29) is 12.5 Å². The number of aliphatic carboxylic acids is 1. The molecule has 0 aliphatic heterocycles. The molecule has 28 heavy (non-hydrogen) atoms. The summed E-state index contributed by atoms with van der Waals surface area (Å²) in [5.41, 5.74) is 0. The minimum atomic E-state index is -0.865. The molecule has 0 aliphatic rings. The molecule has 0 heterocycles. The zero-order valence-electron chi connectivity index (χ0n) is 18.4.